The molecule has 5 heavy (non-hydrogen) atoms. The van der Waals surface area contributed by atoms with E-state index in [4.69, 9.17) is 11.3 Å². The Kier molecular flexibility index (Phi) is 2.79. The maximum absolute atomic E-state index is 9.07. The van der Waals surface area contributed by atoms with E-state index >= 15 is 0 Å². The molecule has 0 unspecified atom stereocenters. The first-order chi connectivity index (χ1) is 2.27. The molecule has 1 amide bonds. The maximum Gasteiger partial charge on any atom is 0.402 e. The SMILES string of the molecule is C.[2H]NC(=O)O. The molecule has 0 aliphatic carbocycles. The number of nitrogens with two attached hydrogens (primary N) is 1. The molecule has 32 valence electrons. The van der Waals surface area contributed by atoms with Gasteiger partial charge in [0.15, 0.2) is 1.41 Å². The monoisotopic (exact) mass is 78.1 g/mol. The second-order valence-electron chi connectivity index (χ2n) is 0.305. The van der Waals surface area contributed by atoms with Gasteiger partial charge >= 0.3 is 6.09 Å². The van der Waals surface area contributed by atoms with E-state index < -0.39 is 6.09 Å². The Hall–Kier alpha value is -0.730. The van der Waals surface area contributed by atoms with Crippen LogP contribution in [0.5, 0.6) is 0 Å². The molecular weight excluding hydrogens is 70.0 g/mol. The van der Waals surface area contributed by atoms with Gasteiger partial charge in [-0.1, -0.05) is 7.43 Å². The summed E-state index contributed by atoms with van der Waals surface area (Å²) >= 11 is 0. The van der Waals surface area contributed by atoms with Gasteiger partial charge in [0.2, 0.25) is 0 Å². The smallest absolute Gasteiger partial charge is 0.402 e. The Labute approximate surface area is 31.9 Å². The van der Waals surface area contributed by atoms with Gasteiger partial charge in [0.1, 0.15) is 0 Å². The van der Waals surface area contributed by atoms with Crippen LogP contribution in [0, 0.1) is 0 Å². The molecule has 0 aromatic heterocycles. The quantitative estimate of drug-likeness (QED) is 0.436. The zero-order valence-corrected chi connectivity index (χ0v) is 1.86. The summed E-state index contributed by atoms with van der Waals surface area (Å²) < 4.78 is 5.81. The van der Waals surface area contributed by atoms with Gasteiger partial charge < -0.3 is 10.8 Å². The number of primary amides is 1. The van der Waals surface area contributed by atoms with Crippen molar-refractivity contribution in [2.24, 2.45) is 5.73 Å². The van der Waals surface area contributed by atoms with Crippen LogP contribution in [0.3, 0.4) is 0 Å². The molecule has 0 radical (unpaired) electrons. The Morgan fingerprint density at radius 1 is 2.20 bits per heavy atom. The summed E-state index contributed by atoms with van der Waals surface area (Å²) in [5.74, 6) is 0. The predicted molar refractivity (Wildman–Crippen MR) is 18.9 cm³/mol. The van der Waals surface area contributed by atoms with E-state index in [2.05, 4.69) is 0 Å². The van der Waals surface area contributed by atoms with Gasteiger partial charge in [-0.25, -0.2) is 4.79 Å². The van der Waals surface area contributed by atoms with E-state index in [9.17, 15) is 0 Å². The van der Waals surface area contributed by atoms with Gasteiger partial charge in [-0.3, -0.25) is 0 Å². The molecule has 0 aromatic carbocycles. The Morgan fingerprint density at radius 3 is 2.40 bits per heavy atom. The summed E-state index contributed by atoms with van der Waals surface area (Å²) in [6, 6.07) is 0. The van der Waals surface area contributed by atoms with Crippen molar-refractivity contribution >= 4 is 6.09 Å². The van der Waals surface area contributed by atoms with E-state index in [1.807, 2.05) is 0 Å². The highest BCUT2D eigenvalue weighted by Crippen LogP contribution is 1.34. The number of rotatable bonds is 0. The van der Waals surface area contributed by atoms with Crippen LogP contribution in [-0.4, -0.2) is 11.2 Å². The Bertz CT molecular complexity index is 46.8. The van der Waals surface area contributed by atoms with Crippen molar-refractivity contribution in [1.29, 1.82) is 0 Å². The second-order valence-corrected chi connectivity index (χ2v) is 0.305. The predicted octanol–water partition coefficient (Wildman–Crippen LogP) is 0.259. The van der Waals surface area contributed by atoms with Crippen LogP contribution in [0.15, 0.2) is 0 Å². The first-order valence-electron chi connectivity index (χ1n) is 1.18. The van der Waals surface area contributed by atoms with E-state index in [1.54, 1.807) is 0 Å². The zero-order chi connectivity index (χ0) is 4.28. The van der Waals surface area contributed by atoms with Gasteiger partial charge in [-0.05, 0) is 0 Å². The second kappa shape index (κ2) is 3.27. The lowest BCUT2D eigenvalue weighted by Crippen LogP contribution is -2.03. The molecule has 0 aromatic rings. The van der Waals surface area contributed by atoms with Crippen LogP contribution in [-0.2, 0) is 0 Å². The normalized spacial score (nSPS) is 6.80. The molecule has 3 N–H and O–H groups in total. The highest BCUT2D eigenvalue weighted by Gasteiger charge is 1.65. The fourth-order valence-electron chi connectivity index (χ4n) is 0. The largest absolute Gasteiger partial charge is 0.465 e. The van der Waals surface area contributed by atoms with Crippen LogP contribution in [0.1, 0.15) is 7.43 Å². The van der Waals surface area contributed by atoms with Crippen LogP contribution in [0.2, 0.25) is 1.41 Å². The number of carboxylic acid groups (broad SMARTS) is 1. The lowest BCUT2D eigenvalue weighted by molar-refractivity contribution is 0.205. The molecule has 0 spiro atoms. The Morgan fingerprint density at radius 2 is 2.40 bits per heavy atom. The molecule has 0 fully saturated rings. The van der Waals surface area contributed by atoms with Crippen LogP contribution in [0.25, 0.3) is 0 Å². The average Bonchev–Trinajstić information content (AvgIpc) is 1.38. The van der Waals surface area contributed by atoms with E-state index in [1.165, 1.54) is 5.73 Å². The molecule has 0 rings (SSSR count). The fourth-order valence-corrected chi connectivity index (χ4v) is 0. The summed E-state index contributed by atoms with van der Waals surface area (Å²) in [5.41, 5.74) is 1.19. The minimum absolute atomic E-state index is 0. The highest BCUT2D eigenvalue weighted by atomic mass is 16.4. The molecule has 3 heteroatoms. The van der Waals surface area contributed by atoms with E-state index in [0.29, 0.717) is 0 Å². The lowest BCUT2D eigenvalue weighted by Gasteiger charge is -1.61. The van der Waals surface area contributed by atoms with Gasteiger partial charge in [0, 0.05) is 0 Å². The summed E-state index contributed by atoms with van der Waals surface area (Å²) in [5, 5.41) is 7.42. The number of amides is 1. The number of carbonyl (C=O) groups is 1. The van der Waals surface area contributed by atoms with Crippen molar-refractivity contribution in [2.45, 2.75) is 7.43 Å². The molecule has 0 heterocycles. The molecule has 3 nitrogen and oxygen atoms in total. The van der Waals surface area contributed by atoms with Crippen molar-refractivity contribution in [3.05, 3.63) is 0 Å². The minimum Gasteiger partial charge on any atom is -0.465 e. The molecule has 0 aliphatic rings. The van der Waals surface area contributed by atoms with Gasteiger partial charge in [-0.2, -0.15) is 0 Å². The van der Waals surface area contributed by atoms with Crippen molar-refractivity contribution in [3.63, 3.8) is 0 Å². The third kappa shape index (κ3) is 9.90. The minimum atomic E-state index is -1.33. The van der Waals surface area contributed by atoms with Crippen LogP contribution >= 0.6 is 0 Å². The summed E-state index contributed by atoms with van der Waals surface area (Å²) in [6.45, 7) is 0. The number of hydrogen-bond donors (Lipinski definition) is 2. The molecule has 0 bridgehead atoms. The molecule has 0 saturated heterocycles. The maximum atomic E-state index is 9.07. The van der Waals surface area contributed by atoms with E-state index in [-0.39, 0.29) is 7.43 Å². The zero-order valence-electron chi connectivity index (χ0n) is 2.86. The van der Waals surface area contributed by atoms with E-state index in [0.717, 1.165) is 0 Å². The highest BCUT2D eigenvalue weighted by molar-refractivity contribution is 5.61. The van der Waals surface area contributed by atoms with Gasteiger partial charge in [0.25, 0.3) is 0 Å². The van der Waals surface area contributed by atoms with Crippen molar-refractivity contribution in [1.82, 2.24) is 0 Å². The van der Waals surface area contributed by atoms with Crippen LogP contribution < -0.4 is 5.73 Å². The van der Waals surface area contributed by atoms with Gasteiger partial charge in [-0.15, -0.1) is 0 Å². The average molecular weight is 78.1 g/mol. The third-order valence-corrected chi connectivity index (χ3v) is 0. The molecular formula is C2H7NO2. The van der Waals surface area contributed by atoms with Crippen molar-refractivity contribution in [2.75, 3.05) is 0 Å². The first-order valence-corrected chi connectivity index (χ1v) is 0.678. The third-order valence-electron chi connectivity index (χ3n) is 0. The summed E-state index contributed by atoms with van der Waals surface area (Å²) in [6.07, 6.45) is -1.33. The number of hydrogen-bond acceptors (Lipinski definition) is 1. The molecule has 0 atom stereocenters. The topological polar surface area (TPSA) is 63.3 Å². The Balaban J connectivity index is 0. The van der Waals surface area contributed by atoms with Crippen molar-refractivity contribution in [3.8, 4) is 0 Å². The molecule has 0 aliphatic heterocycles. The fraction of sp³-hybridized carbons (Fsp3) is 0.500. The first kappa shape index (κ1) is 4.27. The van der Waals surface area contributed by atoms with Gasteiger partial charge in [0.05, 0.1) is 0 Å². The lowest BCUT2D eigenvalue weighted by atomic mass is 11.3. The molecule has 0 saturated carbocycles. The standard InChI is InChI=1S/CH3NO2.CH4/c2-1(3)4;/h2H2,(H,3,4);1H4/i/hD. The summed E-state index contributed by atoms with van der Waals surface area (Å²) in [4.78, 5) is 9.07. The summed E-state index contributed by atoms with van der Waals surface area (Å²) in [7, 11) is 0. The van der Waals surface area contributed by atoms with Crippen LogP contribution in [0.4, 0.5) is 4.79 Å². The van der Waals surface area contributed by atoms with Crippen molar-refractivity contribution < 1.29 is 11.3 Å².